The molecule has 6 aromatic rings. The number of benzene rings is 6. The lowest BCUT2D eigenvalue weighted by Gasteiger charge is -2.46. The molecule has 0 bridgehead atoms. The van der Waals surface area contributed by atoms with Crippen molar-refractivity contribution in [2.75, 3.05) is 13.2 Å². The average molecular weight is 878 g/mol. The SMILES string of the molecule is CC[C@@H](OCc1ccccc1)[C@@H](OCc1ccccc1)[C@H](CO[C@H]1OC(COCc2ccccc2)[C@H](OCc2ccccc2)[C@H](OCc2ccccc2)C1OCc1ccccc1)N=[N+]=[N-]. The Labute approximate surface area is 382 Å². The zero-order chi connectivity index (χ0) is 44.7. The molecule has 1 aliphatic heterocycles. The van der Waals surface area contributed by atoms with Gasteiger partial charge in [-0.15, -0.1) is 0 Å². The van der Waals surface area contributed by atoms with E-state index in [1.54, 1.807) is 0 Å². The Kier molecular flexibility index (Phi) is 19.1. The van der Waals surface area contributed by atoms with Gasteiger partial charge in [-0.1, -0.05) is 194 Å². The van der Waals surface area contributed by atoms with E-state index < -0.39 is 49.0 Å². The Hall–Kier alpha value is -5.69. The molecule has 65 heavy (non-hydrogen) atoms. The second-order valence-electron chi connectivity index (χ2n) is 15.9. The van der Waals surface area contributed by atoms with Crippen molar-refractivity contribution in [2.24, 2.45) is 5.11 Å². The molecule has 6 aromatic carbocycles. The molecule has 1 saturated heterocycles. The summed E-state index contributed by atoms with van der Waals surface area (Å²) in [6.45, 7) is 3.92. The van der Waals surface area contributed by atoms with E-state index in [4.69, 9.17) is 37.9 Å². The summed E-state index contributed by atoms with van der Waals surface area (Å²) in [6, 6.07) is 59.0. The predicted molar refractivity (Wildman–Crippen MR) is 249 cm³/mol. The molecule has 0 N–H and O–H groups in total. The second kappa shape index (κ2) is 26.3. The van der Waals surface area contributed by atoms with Crippen LogP contribution in [0.3, 0.4) is 0 Å². The van der Waals surface area contributed by atoms with Gasteiger partial charge in [0.1, 0.15) is 24.4 Å². The number of hydrogen-bond donors (Lipinski definition) is 0. The highest BCUT2D eigenvalue weighted by Gasteiger charge is 2.49. The average Bonchev–Trinajstić information content (AvgIpc) is 3.36. The van der Waals surface area contributed by atoms with E-state index in [2.05, 4.69) is 10.0 Å². The van der Waals surface area contributed by atoms with Gasteiger partial charge in [0, 0.05) is 4.91 Å². The summed E-state index contributed by atoms with van der Waals surface area (Å²) >= 11 is 0. The van der Waals surface area contributed by atoms with Gasteiger partial charge in [-0.05, 0) is 45.3 Å². The van der Waals surface area contributed by atoms with Crippen LogP contribution in [0.2, 0.25) is 0 Å². The lowest BCUT2D eigenvalue weighted by Crippen LogP contribution is -2.62. The van der Waals surface area contributed by atoms with Gasteiger partial charge < -0.3 is 37.9 Å². The molecular weight excluding hydrogens is 819 g/mol. The van der Waals surface area contributed by atoms with Crippen LogP contribution >= 0.6 is 0 Å². The fraction of sp³-hybridized carbons (Fsp3) is 0.333. The minimum absolute atomic E-state index is 0.0802. The van der Waals surface area contributed by atoms with Crippen molar-refractivity contribution in [2.45, 2.75) is 102 Å². The van der Waals surface area contributed by atoms with Gasteiger partial charge in [0.05, 0.1) is 71.1 Å². The Morgan fingerprint density at radius 3 is 1.34 bits per heavy atom. The highest BCUT2D eigenvalue weighted by atomic mass is 16.7. The predicted octanol–water partition coefficient (Wildman–Crippen LogP) is 11.0. The molecule has 2 unspecified atom stereocenters. The van der Waals surface area contributed by atoms with Crippen LogP contribution in [-0.4, -0.2) is 62.2 Å². The number of ether oxygens (including phenoxy) is 8. The maximum atomic E-state index is 10.1. The minimum Gasteiger partial charge on any atom is -0.374 e. The van der Waals surface area contributed by atoms with Crippen LogP contribution in [0, 0.1) is 0 Å². The molecule has 0 spiro atoms. The van der Waals surface area contributed by atoms with Crippen molar-refractivity contribution in [1.82, 2.24) is 0 Å². The topological polar surface area (TPSA) is 123 Å². The summed E-state index contributed by atoms with van der Waals surface area (Å²) in [6.07, 6.45) is -4.40. The van der Waals surface area contributed by atoms with Crippen LogP contribution in [0.15, 0.2) is 187 Å². The van der Waals surface area contributed by atoms with Gasteiger partial charge >= 0.3 is 0 Å². The van der Waals surface area contributed by atoms with Crippen molar-refractivity contribution in [3.8, 4) is 0 Å². The number of rotatable bonds is 26. The largest absolute Gasteiger partial charge is 0.374 e. The van der Waals surface area contributed by atoms with E-state index in [0.717, 1.165) is 33.4 Å². The van der Waals surface area contributed by atoms with Crippen molar-refractivity contribution in [3.63, 3.8) is 0 Å². The summed E-state index contributed by atoms with van der Waals surface area (Å²) < 4.78 is 54.0. The minimum atomic E-state index is -1.02. The van der Waals surface area contributed by atoms with Crippen molar-refractivity contribution in [3.05, 3.63) is 226 Å². The first-order chi connectivity index (χ1) is 32.2. The standard InChI is InChI=1S/C54H59N3O8/c1-2-48(59-34-42-23-11-4-12-24-42)50(60-35-43-25-13-5-14-26-43)47(56-57-55)39-64-54-53(63-38-46-31-19-8-20-32-46)52(62-37-45-29-17-7-18-30-45)51(61-36-44-27-15-6-16-28-44)49(65-54)40-58-33-41-21-9-3-10-22-41/h3-32,47-54H,2,33-40H2,1H3/t47-,48+,49?,50-,51-,52-,53?,54-/m0/s1. The fourth-order valence-electron chi connectivity index (χ4n) is 7.79. The zero-order valence-corrected chi connectivity index (χ0v) is 36.9. The van der Waals surface area contributed by atoms with Crippen LogP contribution < -0.4 is 0 Å². The third-order valence-corrected chi connectivity index (χ3v) is 11.2. The van der Waals surface area contributed by atoms with Gasteiger partial charge in [0.2, 0.25) is 0 Å². The molecule has 7 rings (SSSR count). The van der Waals surface area contributed by atoms with Crippen LogP contribution in [0.1, 0.15) is 46.7 Å². The Morgan fingerprint density at radius 1 is 0.492 bits per heavy atom. The smallest absolute Gasteiger partial charge is 0.186 e. The molecule has 0 aliphatic carbocycles. The van der Waals surface area contributed by atoms with E-state index in [1.807, 2.05) is 189 Å². The molecule has 338 valence electrons. The molecule has 8 atom stereocenters. The molecule has 11 nitrogen and oxygen atoms in total. The molecule has 0 amide bonds. The van der Waals surface area contributed by atoms with Crippen LogP contribution in [0.4, 0.5) is 0 Å². The van der Waals surface area contributed by atoms with Gasteiger partial charge in [0.25, 0.3) is 0 Å². The quantitative estimate of drug-likeness (QED) is 0.0300. The summed E-state index contributed by atoms with van der Waals surface area (Å²) in [4.78, 5) is 3.31. The first-order valence-corrected chi connectivity index (χ1v) is 22.4. The molecule has 1 fully saturated rings. The second-order valence-corrected chi connectivity index (χ2v) is 15.9. The highest BCUT2D eigenvalue weighted by Crippen LogP contribution is 2.32. The Morgan fingerprint density at radius 2 is 0.892 bits per heavy atom. The van der Waals surface area contributed by atoms with Gasteiger partial charge in [-0.25, -0.2) is 0 Å². The summed E-state index contributed by atoms with van der Waals surface area (Å²) in [7, 11) is 0. The van der Waals surface area contributed by atoms with Crippen molar-refractivity contribution < 1.29 is 37.9 Å². The third kappa shape index (κ3) is 14.9. The van der Waals surface area contributed by atoms with E-state index in [9.17, 15) is 5.53 Å². The van der Waals surface area contributed by atoms with Crippen LogP contribution in [-0.2, 0) is 77.5 Å². The molecule has 0 aromatic heterocycles. The van der Waals surface area contributed by atoms with E-state index in [0.29, 0.717) is 26.2 Å². The van der Waals surface area contributed by atoms with Gasteiger partial charge in [0.15, 0.2) is 6.29 Å². The van der Waals surface area contributed by atoms with E-state index >= 15 is 0 Å². The molecular formula is C54H59N3O8. The van der Waals surface area contributed by atoms with E-state index in [-0.39, 0.29) is 33.0 Å². The molecule has 1 heterocycles. The molecule has 0 radical (unpaired) electrons. The number of azide groups is 1. The third-order valence-electron chi connectivity index (χ3n) is 11.2. The zero-order valence-electron chi connectivity index (χ0n) is 36.9. The van der Waals surface area contributed by atoms with E-state index in [1.165, 1.54) is 0 Å². The maximum Gasteiger partial charge on any atom is 0.186 e. The molecule has 11 heteroatoms. The van der Waals surface area contributed by atoms with Crippen LogP contribution in [0.5, 0.6) is 0 Å². The van der Waals surface area contributed by atoms with Gasteiger partial charge in [-0.2, -0.15) is 0 Å². The number of nitrogens with zero attached hydrogens (tertiary/aromatic N) is 3. The normalized spacial score (nSPS) is 19.7. The number of hydrogen-bond acceptors (Lipinski definition) is 9. The summed E-state index contributed by atoms with van der Waals surface area (Å²) in [5, 5.41) is 4.31. The van der Waals surface area contributed by atoms with Crippen molar-refractivity contribution in [1.29, 1.82) is 0 Å². The van der Waals surface area contributed by atoms with Crippen molar-refractivity contribution >= 4 is 0 Å². The lowest BCUT2D eigenvalue weighted by molar-refractivity contribution is -0.329. The summed E-state index contributed by atoms with van der Waals surface area (Å²) in [5.74, 6) is 0. The Bertz CT molecular complexity index is 2240. The Balaban J connectivity index is 1.20. The fourth-order valence-corrected chi connectivity index (χ4v) is 7.79. The maximum absolute atomic E-state index is 10.1. The molecule has 0 saturated carbocycles. The van der Waals surface area contributed by atoms with Crippen LogP contribution in [0.25, 0.3) is 10.4 Å². The highest BCUT2D eigenvalue weighted by molar-refractivity contribution is 5.18. The first-order valence-electron chi connectivity index (χ1n) is 22.4. The first kappa shape index (κ1) is 47.3. The monoisotopic (exact) mass is 877 g/mol. The van der Waals surface area contributed by atoms with Gasteiger partial charge in [-0.3, -0.25) is 0 Å². The lowest BCUT2D eigenvalue weighted by atomic mass is 9.97. The molecule has 1 aliphatic rings. The summed E-state index contributed by atoms with van der Waals surface area (Å²) in [5.41, 5.74) is 16.0.